The van der Waals surface area contributed by atoms with Gasteiger partial charge in [-0.1, -0.05) is 37.2 Å². The molecular weight excluding hydrogens is 515 g/mol. The summed E-state index contributed by atoms with van der Waals surface area (Å²) in [5, 5.41) is 0.178. The fraction of sp³-hybridized carbons (Fsp3) is 0.346. The Morgan fingerprint density at radius 1 is 1.05 bits per heavy atom. The summed E-state index contributed by atoms with van der Waals surface area (Å²) in [6, 6.07) is 12.8. The van der Waals surface area contributed by atoms with E-state index in [1.807, 2.05) is 0 Å². The molecule has 1 aliphatic rings. The van der Waals surface area contributed by atoms with Gasteiger partial charge in [0.1, 0.15) is 5.82 Å². The third-order valence-corrected chi connectivity index (χ3v) is 8.88. The lowest BCUT2D eigenvalue weighted by Crippen LogP contribution is -2.49. The van der Waals surface area contributed by atoms with E-state index in [1.165, 1.54) is 24.3 Å². The average Bonchev–Trinajstić information content (AvgIpc) is 2.91. The number of H-pyrrole nitrogens is 1. The maximum absolute atomic E-state index is 13.1. The van der Waals surface area contributed by atoms with Crippen molar-refractivity contribution in [3.8, 4) is 0 Å². The smallest absolute Gasteiger partial charge is 0.270 e. The number of nitrogens with zero attached hydrogens (tertiary/aromatic N) is 3. The van der Waals surface area contributed by atoms with E-state index in [2.05, 4.69) is 21.8 Å². The molecule has 11 heteroatoms. The normalized spacial score (nSPS) is 14.1. The van der Waals surface area contributed by atoms with Gasteiger partial charge in [0.2, 0.25) is 15.7 Å². The van der Waals surface area contributed by atoms with Gasteiger partial charge in [0.15, 0.2) is 10.1 Å². The van der Waals surface area contributed by atoms with Crippen molar-refractivity contribution >= 4 is 33.2 Å². The predicted molar refractivity (Wildman–Crippen MR) is 141 cm³/mol. The summed E-state index contributed by atoms with van der Waals surface area (Å²) in [4.78, 5) is 35.3. The van der Waals surface area contributed by atoms with Crippen LogP contribution in [-0.2, 0) is 21.1 Å². The van der Waals surface area contributed by atoms with Gasteiger partial charge in [0.05, 0.1) is 16.8 Å². The van der Waals surface area contributed by atoms with Crippen molar-refractivity contribution in [1.82, 2.24) is 14.9 Å². The van der Waals surface area contributed by atoms with Crippen LogP contribution in [0.15, 0.2) is 74.5 Å². The highest BCUT2D eigenvalue weighted by Gasteiger charge is 2.24. The minimum atomic E-state index is -4.02. The Morgan fingerprint density at radius 2 is 1.73 bits per heavy atom. The Morgan fingerprint density at radius 3 is 2.35 bits per heavy atom. The van der Waals surface area contributed by atoms with Crippen LogP contribution in [0, 0.1) is 5.82 Å². The van der Waals surface area contributed by atoms with E-state index < -0.39 is 20.3 Å². The number of amides is 1. The molecular formula is C26H29FN4O4S2. The Hall–Kier alpha value is -3.18. The second-order valence-electron chi connectivity index (χ2n) is 8.77. The number of rotatable bonds is 9. The third kappa shape index (κ3) is 6.58. The standard InChI is InChI=1S/C26H29FN4O4S2/c1-2-3-4-19-5-11-22(12-6-19)37(34,35)23-17-28-26(29-25(23)33)36-18-24(32)31-15-13-30(14-16-31)21-9-7-20(27)8-10-21/h5-12,17H,2-4,13-16,18H2,1H3,(H,28,29,33). The van der Waals surface area contributed by atoms with Crippen LogP contribution in [0.4, 0.5) is 10.1 Å². The number of hydrogen-bond donors (Lipinski definition) is 1. The molecule has 1 fully saturated rings. The number of nitrogens with one attached hydrogen (secondary N) is 1. The zero-order chi connectivity index (χ0) is 26.4. The molecule has 1 amide bonds. The molecule has 0 atom stereocenters. The first kappa shape index (κ1) is 26.9. The zero-order valence-corrected chi connectivity index (χ0v) is 22.2. The lowest BCUT2D eigenvalue weighted by atomic mass is 10.1. The molecule has 2 heterocycles. The van der Waals surface area contributed by atoms with Gasteiger partial charge in [-0.05, 0) is 54.8 Å². The van der Waals surface area contributed by atoms with E-state index in [4.69, 9.17) is 0 Å². The summed E-state index contributed by atoms with van der Waals surface area (Å²) >= 11 is 1.05. The number of aromatic amines is 1. The Balaban J connectivity index is 1.33. The van der Waals surface area contributed by atoms with Gasteiger partial charge in [-0.3, -0.25) is 9.59 Å². The molecule has 1 N–H and O–H groups in total. The van der Waals surface area contributed by atoms with E-state index in [9.17, 15) is 22.4 Å². The summed E-state index contributed by atoms with van der Waals surface area (Å²) < 4.78 is 39.1. The molecule has 3 aromatic rings. The molecule has 1 aliphatic heterocycles. The predicted octanol–water partition coefficient (Wildman–Crippen LogP) is 3.53. The number of aromatic nitrogens is 2. The average molecular weight is 545 g/mol. The Bertz CT molecular complexity index is 1390. The van der Waals surface area contributed by atoms with Gasteiger partial charge in [0, 0.05) is 31.9 Å². The molecule has 8 nitrogen and oxygen atoms in total. The van der Waals surface area contributed by atoms with Crippen molar-refractivity contribution in [2.75, 3.05) is 36.8 Å². The maximum atomic E-state index is 13.1. The van der Waals surface area contributed by atoms with Crippen LogP contribution in [0.3, 0.4) is 0 Å². The minimum absolute atomic E-state index is 0.0374. The van der Waals surface area contributed by atoms with E-state index >= 15 is 0 Å². The molecule has 1 saturated heterocycles. The molecule has 0 spiro atoms. The molecule has 0 unspecified atom stereocenters. The highest BCUT2D eigenvalue weighted by atomic mass is 32.2. The van der Waals surface area contributed by atoms with Gasteiger partial charge in [-0.15, -0.1) is 0 Å². The fourth-order valence-electron chi connectivity index (χ4n) is 4.06. The van der Waals surface area contributed by atoms with Gasteiger partial charge < -0.3 is 14.8 Å². The highest BCUT2D eigenvalue weighted by molar-refractivity contribution is 7.99. The molecule has 0 radical (unpaired) electrons. The van der Waals surface area contributed by atoms with Gasteiger partial charge in [-0.2, -0.15) is 0 Å². The number of thioether (sulfide) groups is 1. The number of anilines is 1. The number of benzene rings is 2. The van der Waals surface area contributed by atoms with E-state index in [0.717, 1.165) is 48.5 Å². The van der Waals surface area contributed by atoms with Crippen molar-refractivity contribution in [2.45, 2.75) is 41.1 Å². The number of hydrogen-bond acceptors (Lipinski definition) is 7. The molecule has 196 valence electrons. The van der Waals surface area contributed by atoms with Crippen molar-refractivity contribution in [3.63, 3.8) is 0 Å². The van der Waals surface area contributed by atoms with Crippen LogP contribution in [0.5, 0.6) is 0 Å². The second-order valence-corrected chi connectivity index (χ2v) is 11.6. The van der Waals surface area contributed by atoms with Crippen molar-refractivity contribution in [2.24, 2.45) is 0 Å². The number of halogens is 1. The van der Waals surface area contributed by atoms with Crippen LogP contribution in [0.25, 0.3) is 0 Å². The van der Waals surface area contributed by atoms with E-state index in [0.29, 0.717) is 26.2 Å². The van der Waals surface area contributed by atoms with Crippen LogP contribution < -0.4 is 10.5 Å². The first-order chi connectivity index (χ1) is 17.8. The van der Waals surface area contributed by atoms with E-state index in [1.54, 1.807) is 29.2 Å². The molecule has 1 aromatic heterocycles. The molecule has 0 saturated carbocycles. The largest absolute Gasteiger partial charge is 0.368 e. The molecule has 0 bridgehead atoms. The fourth-order valence-corrected chi connectivity index (χ4v) is 6.03. The SMILES string of the molecule is CCCCc1ccc(S(=O)(=O)c2cnc(SCC(=O)N3CCN(c4ccc(F)cc4)CC3)[nH]c2=O)cc1. The van der Waals surface area contributed by atoms with E-state index in [-0.39, 0.29) is 27.5 Å². The van der Waals surface area contributed by atoms with Crippen LogP contribution in [-0.4, -0.2) is 61.1 Å². The summed E-state index contributed by atoms with van der Waals surface area (Å²) in [7, 11) is -4.02. The summed E-state index contributed by atoms with van der Waals surface area (Å²) in [6.07, 6.45) is 3.98. The summed E-state index contributed by atoms with van der Waals surface area (Å²) in [5.41, 5.74) is 1.18. The quantitative estimate of drug-likeness (QED) is 0.325. The minimum Gasteiger partial charge on any atom is -0.368 e. The van der Waals surface area contributed by atoms with Crippen molar-refractivity contribution in [1.29, 1.82) is 0 Å². The van der Waals surface area contributed by atoms with Crippen LogP contribution in [0.2, 0.25) is 0 Å². The van der Waals surface area contributed by atoms with Crippen molar-refractivity contribution in [3.05, 3.63) is 76.5 Å². The number of sulfone groups is 1. The van der Waals surface area contributed by atoms with Crippen molar-refractivity contribution < 1.29 is 17.6 Å². The first-order valence-corrected chi connectivity index (χ1v) is 14.6. The number of carbonyl (C=O) groups excluding carboxylic acids is 1. The number of aryl methyl sites for hydroxylation is 1. The topological polar surface area (TPSA) is 103 Å². The molecule has 4 rings (SSSR count). The summed E-state index contributed by atoms with van der Waals surface area (Å²) in [6.45, 7) is 4.39. The van der Waals surface area contributed by atoms with Gasteiger partial charge in [0.25, 0.3) is 5.56 Å². The number of unbranched alkanes of at least 4 members (excludes halogenated alkanes) is 1. The lowest BCUT2D eigenvalue weighted by Gasteiger charge is -2.36. The molecule has 2 aromatic carbocycles. The van der Waals surface area contributed by atoms with Crippen LogP contribution >= 0.6 is 11.8 Å². The highest BCUT2D eigenvalue weighted by Crippen LogP contribution is 2.21. The monoisotopic (exact) mass is 544 g/mol. The molecule has 37 heavy (non-hydrogen) atoms. The Labute approximate surface area is 219 Å². The Kier molecular flexibility index (Phi) is 8.65. The third-order valence-electron chi connectivity index (χ3n) is 6.24. The van der Waals surface area contributed by atoms with Gasteiger partial charge in [-0.25, -0.2) is 17.8 Å². The van der Waals surface area contributed by atoms with Crippen LogP contribution in [0.1, 0.15) is 25.3 Å². The maximum Gasteiger partial charge on any atom is 0.270 e. The zero-order valence-electron chi connectivity index (χ0n) is 20.5. The number of carbonyl (C=O) groups is 1. The van der Waals surface area contributed by atoms with Gasteiger partial charge >= 0.3 is 0 Å². The first-order valence-electron chi connectivity index (χ1n) is 12.1. The lowest BCUT2D eigenvalue weighted by molar-refractivity contribution is -0.128. The second kappa shape index (κ2) is 11.9. The molecule has 0 aliphatic carbocycles. The number of piperazine rings is 1. The summed E-state index contributed by atoms with van der Waals surface area (Å²) in [5.74, 6) is -0.334.